The Bertz CT molecular complexity index is 1600. The zero-order valence-electron chi connectivity index (χ0n) is 28.5. The predicted molar refractivity (Wildman–Crippen MR) is 184 cm³/mol. The third-order valence-electron chi connectivity index (χ3n) is 8.87. The zero-order chi connectivity index (χ0) is 34.0. The number of hydrogen-bond acceptors (Lipinski definition) is 7. The summed E-state index contributed by atoms with van der Waals surface area (Å²) in [6, 6.07) is 12.0. The van der Waals surface area contributed by atoms with Gasteiger partial charge in [0.15, 0.2) is 11.6 Å². The van der Waals surface area contributed by atoms with Gasteiger partial charge in [0.05, 0.1) is 23.7 Å². The lowest BCUT2D eigenvalue weighted by molar-refractivity contribution is -0.139. The van der Waals surface area contributed by atoms with Crippen LogP contribution in [0.4, 0.5) is 10.5 Å². The molecule has 0 bridgehead atoms. The molecule has 1 aromatic heterocycles. The third-order valence-corrected chi connectivity index (χ3v) is 8.87. The normalized spacial score (nSPS) is 15.5. The highest BCUT2D eigenvalue weighted by Gasteiger charge is 2.53. The van der Waals surface area contributed by atoms with Gasteiger partial charge < -0.3 is 14.8 Å². The molecule has 2 aromatic carbocycles. The summed E-state index contributed by atoms with van der Waals surface area (Å²) in [5.74, 6) is -0.962. The molecule has 0 radical (unpaired) electrons. The van der Waals surface area contributed by atoms with Crippen LogP contribution >= 0.6 is 0 Å². The van der Waals surface area contributed by atoms with E-state index in [1.807, 2.05) is 0 Å². The number of para-hydroxylation sites is 3. The van der Waals surface area contributed by atoms with Crippen LogP contribution in [-0.4, -0.2) is 45.1 Å². The van der Waals surface area contributed by atoms with Gasteiger partial charge in [-0.1, -0.05) is 102 Å². The summed E-state index contributed by atoms with van der Waals surface area (Å²) in [5, 5.41) is 3.26. The van der Waals surface area contributed by atoms with Crippen LogP contribution in [0.15, 0.2) is 53.3 Å². The van der Waals surface area contributed by atoms with E-state index in [0.29, 0.717) is 35.2 Å². The molecule has 1 aliphatic rings. The zero-order valence-corrected chi connectivity index (χ0v) is 28.5. The Hall–Kier alpha value is -4.21. The van der Waals surface area contributed by atoms with E-state index in [4.69, 9.17) is 14.5 Å². The van der Waals surface area contributed by atoms with Crippen LogP contribution < -0.4 is 15.6 Å². The van der Waals surface area contributed by atoms with Gasteiger partial charge in [-0.25, -0.2) is 14.7 Å². The average molecular weight is 647 g/mol. The highest BCUT2D eigenvalue weighted by atomic mass is 16.6. The van der Waals surface area contributed by atoms with Crippen molar-refractivity contribution in [2.24, 2.45) is 0 Å². The van der Waals surface area contributed by atoms with E-state index in [2.05, 4.69) is 19.2 Å². The number of carbonyl (C=O) groups excluding carboxylic acids is 3. The molecule has 3 aromatic rings. The summed E-state index contributed by atoms with van der Waals surface area (Å²) in [5.41, 5.74) is -1.07. The van der Waals surface area contributed by atoms with Crippen molar-refractivity contribution in [3.05, 3.63) is 64.7 Å². The van der Waals surface area contributed by atoms with Crippen LogP contribution in [-0.2, 0) is 14.3 Å². The maximum Gasteiger partial charge on any atom is 0.418 e. The SMILES string of the molecule is CCCCCCCCC(CCCCCC)n1c(C(C(=O)Nc2ccccc2OC)N2C(=O)OC(C)(C)C2=O)nc2ccccc2c1=O. The molecular formula is C37H50N4O6. The van der Waals surface area contributed by atoms with E-state index in [-0.39, 0.29) is 17.4 Å². The number of fused-ring (bicyclic) bond motifs is 1. The lowest BCUT2D eigenvalue weighted by atomic mass is 9.99. The Morgan fingerprint density at radius 1 is 0.872 bits per heavy atom. The third kappa shape index (κ3) is 8.39. The molecule has 47 heavy (non-hydrogen) atoms. The Balaban J connectivity index is 1.89. The Morgan fingerprint density at radius 2 is 1.47 bits per heavy atom. The Labute approximate surface area is 277 Å². The minimum atomic E-state index is -1.58. The first-order valence-corrected chi connectivity index (χ1v) is 17.2. The van der Waals surface area contributed by atoms with Gasteiger partial charge >= 0.3 is 6.09 Å². The van der Waals surface area contributed by atoms with Crippen molar-refractivity contribution >= 4 is 34.5 Å². The van der Waals surface area contributed by atoms with Crippen molar-refractivity contribution in [2.45, 2.75) is 122 Å². The number of nitrogens with zero attached hydrogens (tertiary/aromatic N) is 3. The molecule has 1 saturated heterocycles. The first-order chi connectivity index (χ1) is 22.6. The van der Waals surface area contributed by atoms with Crippen LogP contribution in [0.3, 0.4) is 0 Å². The molecule has 4 rings (SSSR count). The Kier molecular flexibility index (Phi) is 12.6. The van der Waals surface area contributed by atoms with E-state index >= 15 is 0 Å². The van der Waals surface area contributed by atoms with Gasteiger partial charge in [0.2, 0.25) is 0 Å². The number of nitrogens with one attached hydrogen (secondary N) is 1. The smallest absolute Gasteiger partial charge is 0.418 e. The van der Waals surface area contributed by atoms with Crippen LogP contribution in [0.5, 0.6) is 5.75 Å². The number of ether oxygens (including phenoxy) is 2. The van der Waals surface area contributed by atoms with Crippen LogP contribution in [0, 0.1) is 0 Å². The molecule has 10 nitrogen and oxygen atoms in total. The van der Waals surface area contributed by atoms with E-state index in [0.717, 1.165) is 56.3 Å². The highest BCUT2D eigenvalue weighted by molar-refractivity contribution is 6.08. The van der Waals surface area contributed by atoms with Crippen molar-refractivity contribution in [3.8, 4) is 5.75 Å². The predicted octanol–water partition coefficient (Wildman–Crippen LogP) is 8.10. The number of imide groups is 1. The Morgan fingerprint density at radius 3 is 2.11 bits per heavy atom. The standard InChI is InChI=1S/C37H50N4O6/c1-6-8-10-12-13-15-21-26(20-14-11-9-7-2)40-32(38-28-23-17-16-22-27(28)34(40)43)31(41-35(44)37(3,4)47-36(41)45)33(42)39-29-24-18-19-25-30(29)46-5/h16-19,22-26,31H,6-15,20-21H2,1-5H3,(H,39,42). The average Bonchev–Trinajstić information content (AvgIpc) is 3.26. The molecule has 1 fully saturated rings. The van der Waals surface area contributed by atoms with E-state index in [9.17, 15) is 19.2 Å². The number of carbonyl (C=O) groups is 3. The van der Waals surface area contributed by atoms with Gasteiger partial charge in [-0.05, 0) is 51.0 Å². The summed E-state index contributed by atoms with van der Waals surface area (Å²) in [4.78, 5) is 61.8. The van der Waals surface area contributed by atoms with Gasteiger partial charge in [-0.15, -0.1) is 0 Å². The molecule has 0 aliphatic carbocycles. The van der Waals surface area contributed by atoms with Crippen molar-refractivity contribution in [3.63, 3.8) is 0 Å². The number of anilines is 1. The molecule has 0 spiro atoms. The fourth-order valence-electron chi connectivity index (χ4n) is 6.28. The first-order valence-electron chi connectivity index (χ1n) is 17.2. The monoisotopic (exact) mass is 646 g/mol. The maximum atomic E-state index is 14.5. The van der Waals surface area contributed by atoms with Crippen molar-refractivity contribution in [2.75, 3.05) is 12.4 Å². The summed E-state index contributed by atoms with van der Waals surface area (Å²) >= 11 is 0. The van der Waals surface area contributed by atoms with Crippen LogP contribution in [0.2, 0.25) is 0 Å². The minimum Gasteiger partial charge on any atom is -0.495 e. The van der Waals surface area contributed by atoms with E-state index in [1.165, 1.54) is 33.8 Å². The van der Waals surface area contributed by atoms with Crippen molar-refractivity contribution in [1.29, 1.82) is 0 Å². The number of unbranched alkanes of at least 4 members (excludes halogenated alkanes) is 8. The molecule has 2 unspecified atom stereocenters. The number of rotatable bonds is 18. The van der Waals surface area contributed by atoms with Crippen molar-refractivity contribution in [1.82, 2.24) is 14.5 Å². The van der Waals surface area contributed by atoms with Crippen LogP contribution in [0.1, 0.15) is 123 Å². The van der Waals surface area contributed by atoms with E-state index < -0.39 is 29.6 Å². The summed E-state index contributed by atoms with van der Waals surface area (Å²) in [6.45, 7) is 7.31. The fraction of sp³-hybridized carbons (Fsp3) is 0.541. The topological polar surface area (TPSA) is 120 Å². The van der Waals surface area contributed by atoms with Crippen molar-refractivity contribution < 1.29 is 23.9 Å². The van der Waals surface area contributed by atoms with Gasteiger partial charge in [0.1, 0.15) is 11.6 Å². The lowest BCUT2D eigenvalue weighted by Gasteiger charge is -2.30. The molecule has 2 atom stereocenters. The van der Waals surface area contributed by atoms with Gasteiger partial charge in [-0.2, -0.15) is 0 Å². The van der Waals surface area contributed by atoms with Gasteiger partial charge in [0.25, 0.3) is 17.4 Å². The lowest BCUT2D eigenvalue weighted by Crippen LogP contribution is -2.46. The molecule has 0 saturated carbocycles. The molecule has 1 N–H and O–H groups in total. The second-order valence-electron chi connectivity index (χ2n) is 12.9. The second kappa shape index (κ2) is 16.6. The fourth-order valence-corrected chi connectivity index (χ4v) is 6.28. The number of hydrogen-bond donors (Lipinski definition) is 1. The van der Waals surface area contributed by atoms with E-state index in [1.54, 1.807) is 53.1 Å². The quantitative estimate of drug-likeness (QED) is 0.139. The molecule has 2 heterocycles. The molecule has 10 heteroatoms. The largest absolute Gasteiger partial charge is 0.495 e. The summed E-state index contributed by atoms with van der Waals surface area (Å²) in [6.07, 6.45) is 11.1. The number of benzene rings is 2. The number of cyclic esters (lactones) is 1. The maximum absolute atomic E-state index is 14.5. The van der Waals surface area contributed by atoms with Gasteiger partial charge in [0, 0.05) is 6.04 Å². The molecule has 3 amide bonds. The van der Waals surface area contributed by atoms with Gasteiger partial charge in [-0.3, -0.25) is 19.0 Å². The second-order valence-corrected chi connectivity index (χ2v) is 12.9. The highest BCUT2D eigenvalue weighted by Crippen LogP contribution is 2.36. The molecule has 254 valence electrons. The summed E-state index contributed by atoms with van der Waals surface area (Å²) in [7, 11) is 1.49. The molecular weight excluding hydrogens is 596 g/mol. The first kappa shape index (κ1) is 35.6. The van der Waals surface area contributed by atoms with Crippen LogP contribution in [0.25, 0.3) is 10.9 Å². The number of methoxy groups -OCH3 is 1. The summed E-state index contributed by atoms with van der Waals surface area (Å²) < 4.78 is 12.5. The number of aromatic nitrogens is 2. The minimum absolute atomic E-state index is 0.0376. The number of amides is 3. The molecule has 1 aliphatic heterocycles.